The van der Waals surface area contributed by atoms with E-state index in [1.165, 1.54) is 18.2 Å². The van der Waals surface area contributed by atoms with Crippen molar-refractivity contribution in [3.63, 3.8) is 0 Å². The van der Waals surface area contributed by atoms with Gasteiger partial charge in [0.15, 0.2) is 0 Å². The van der Waals surface area contributed by atoms with E-state index in [-0.39, 0.29) is 44.2 Å². The zero-order valence-electron chi connectivity index (χ0n) is 18.6. The third-order valence-corrected chi connectivity index (χ3v) is 6.07. The van der Waals surface area contributed by atoms with Gasteiger partial charge in [0.25, 0.3) is 0 Å². The molecule has 3 aromatic carbocycles. The third-order valence-electron chi connectivity index (χ3n) is 6.07. The Morgan fingerprint density at radius 1 is 0.941 bits per heavy atom. The van der Waals surface area contributed by atoms with Gasteiger partial charge in [-0.3, -0.25) is 0 Å². The highest BCUT2D eigenvalue weighted by atomic mass is 19.4. The van der Waals surface area contributed by atoms with Crippen LogP contribution in [0, 0.1) is 28.5 Å². The fraction of sp³-hybridized carbons (Fsp3) is 0.308. The van der Waals surface area contributed by atoms with E-state index in [0.717, 1.165) is 12.1 Å². The molecule has 0 N–H and O–H groups in total. The van der Waals surface area contributed by atoms with Crippen LogP contribution in [-0.4, -0.2) is 6.43 Å². The van der Waals surface area contributed by atoms with Crippen LogP contribution in [0.25, 0.3) is 21.9 Å². The normalized spacial score (nSPS) is 12.1. The van der Waals surface area contributed by atoms with Gasteiger partial charge in [0.05, 0.1) is 16.7 Å². The molecule has 0 radical (unpaired) electrons. The summed E-state index contributed by atoms with van der Waals surface area (Å²) >= 11 is 0. The lowest BCUT2D eigenvalue weighted by Crippen LogP contribution is -2.17. The van der Waals surface area contributed by atoms with Crippen LogP contribution >= 0.6 is 0 Å². The molecule has 0 fully saturated rings. The summed E-state index contributed by atoms with van der Waals surface area (Å²) in [5, 5.41) is 19.8. The SMILES string of the molecule is CCC(C)(C)c1cc2c(-c3cc(CC(F)F)cc(C(F)(F)F)c3)c(C#N)c(C#N)cc2cc1F. The Morgan fingerprint density at radius 2 is 1.62 bits per heavy atom. The zero-order chi connectivity index (χ0) is 25.4. The second-order valence-electron chi connectivity index (χ2n) is 8.70. The van der Waals surface area contributed by atoms with Crippen molar-refractivity contribution >= 4 is 10.8 Å². The van der Waals surface area contributed by atoms with Crippen LogP contribution in [0.3, 0.4) is 0 Å². The molecule has 0 amide bonds. The van der Waals surface area contributed by atoms with Crippen LogP contribution in [-0.2, 0) is 18.0 Å². The number of hydrogen-bond donors (Lipinski definition) is 0. The van der Waals surface area contributed by atoms with E-state index in [9.17, 15) is 32.5 Å². The number of nitriles is 2. The lowest BCUT2D eigenvalue weighted by Gasteiger charge is -2.25. The van der Waals surface area contributed by atoms with Crippen LogP contribution in [0.2, 0.25) is 0 Å². The summed E-state index contributed by atoms with van der Waals surface area (Å²) in [5.74, 6) is -0.554. The van der Waals surface area contributed by atoms with Gasteiger partial charge in [-0.05, 0) is 69.6 Å². The number of halogens is 6. The molecule has 0 aliphatic heterocycles. The van der Waals surface area contributed by atoms with Crippen molar-refractivity contribution < 1.29 is 26.3 Å². The maximum absolute atomic E-state index is 15.0. The first-order valence-electron chi connectivity index (χ1n) is 10.4. The monoisotopic (exact) mass is 474 g/mol. The van der Waals surface area contributed by atoms with Gasteiger partial charge >= 0.3 is 6.18 Å². The van der Waals surface area contributed by atoms with Crippen molar-refractivity contribution in [3.8, 4) is 23.3 Å². The van der Waals surface area contributed by atoms with Crippen molar-refractivity contribution in [1.29, 1.82) is 10.5 Å². The molecule has 0 spiro atoms. The molecule has 3 rings (SSSR count). The van der Waals surface area contributed by atoms with Crippen molar-refractivity contribution in [2.45, 2.75) is 51.6 Å². The Labute approximate surface area is 193 Å². The summed E-state index contributed by atoms with van der Waals surface area (Å²) in [5.41, 5.74) is -2.29. The van der Waals surface area contributed by atoms with E-state index in [4.69, 9.17) is 0 Å². The predicted molar refractivity (Wildman–Crippen MR) is 117 cm³/mol. The van der Waals surface area contributed by atoms with E-state index in [0.29, 0.717) is 12.5 Å². The number of rotatable bonds is 5. The Hall–Kier alpha value is -3.52. The maximum atomic E-state index is 15.0. The quantitative estimate of drug-likeness (QED) is 0.353. The molecule has 0 aliphatic rings. The van der Waals surface area contributed by atoms with Gasteiger partial charge in [-0.1, -0.05) is 26.8 Å². The molecule has 0 bridgehead atoms. The van der Waals surface area contributed by atoms with Gasteiger partial charge in [0, 0.05) is 12.0 Å². The number of hydrogen-bond acceptors (Lipinski definition) is 2. The first kappa shape index (κ1) is 25.1. The summed E-state index contributed by atoms with van der Waals surface area (Å²) in [6.07, 6.45) is -8.09. The van der Waals surface area contributed by atoms with Gasteiger partial charge in [0.2, 0.25) is 6.43 Å². The van der Waals surface area contributed by atoms with E-state index in [1.54, 1.807) is 13.8 Å². The fourth-order valence-electron chi connectivity index (χ4n) is 3.93. The number of benzene rings is 3. The van der Waals surface area contributed by atoms with E-state index >= 15 is 4.39 Å². The van der Waals surface area contributed by atoms with Crippen LogP contribution in [0.1, 0.15) is 55.0 Å². The summed E-state index contributed by atoms with van der Waals surface area (Å²) < 4.78 is 81.9. The molecular formula is C26H20F6N2. The average Bonchev–Trinajstić information content (AvgIpc) is 2.75. The van der Waals surface area contributed by atoms with Crippen LogP contribution in [0.4, 0.5) is 26.3 Å². The van der Waals surface area contributed by atoms with Crippen molar-refractivity contribution in [1.82, 2.24) is 0 Å². The Balaban J connectivity index is 2.52. The van der Waals surface area contributed by atoms with E-state index in [1.807, 2.05) is 19.1 Å². The predicted octanol–water partition coefficient (Wildman–Crippen LogP) is 7.90. The van der Waals surface area contributed by atoms with Crippen LogP contribution in [0.15, 0.2) is 36.4 Å². The minimum absolute atomic E-state index is 0.0219. The highest BCUT2D eigenvalue weighted by Crippen LogP contribution is 2.41. The molecule has 0 aromatic heterocycles. The molecule has 2 nitrogen and oxygen atoms in total. The van der Waals surface area contributed by atoms with Crippen LogP contribution < -0.4 is 0 Å². The van der Waals surface area contributed by atoms with E-state index < -0.39 is 35.8 Å². The van der Waals surface area contributed by atoms with Gasteiger partial charge in [-0.25, -0.2) is 13.2 Å². The second kappa shape index (κ2) is 9.02. The summed E-state index contributed by atoms with van der Waals surface area (Å²) in [6.45, 7) is 5.46. The highest BCUT2D eigenvalue weighted by molar-refractivity contribution is 6.01. The van der Waals surface area contributed by atoms with Gasteiger partial charge in [-0.2, -0.15) is 23.7 Å². The molecule has 0 saturated heterocycles. The summed E-state index contributed by atoms with van der Waals surface area (Å²) in [6, 6.07) is 10.2. The summed E-state index contributed by atoms with van der Waals surface area (Å²) in [7, 11) is 0. The molecule has 3 aromatic rings. The number of alkyl halides is 5. The second-order valence-corrected chi connectivity index (χ2v) is 8.70. The first-order valence-corrected chi connectivity index (χ1v) is 10.4. The van der Waals surface area contributed by atoms with E-state index in [2.05, 4.69) is 0 Å². The Kier molecular flexibility index (Phi) is 6.66. The largest absolute Gasteiger partial charge is 0.416 e. The minimum Gasteiger partial charge on any atom is -0.210 e. The maximum Gasteiger partial charge on any atom is 0.416 e. The van der Waals surface area contributed by atoms with Crippen molar-refractivity contribution in [3.05, 3.63) is 70.0 Å². The molecule has 0 heterocycles. The number of nitrogens with zero attached hydrogens (tertiary/aromatic N) is 2. The molecule has 0 unspecified atom stereocenters. The fourth-order valence-corrected chi connectivity index (χ4v) is 3.93. The Bertz CT molecular complexity index is 1340. The van der Waals surface area contributed by atoms with Gasteiger partial charge < -0.3 is 0 Å². The lowest BCUT2D eigenvalue weighted by atomic mass is 9.79. The lowest BCUT2D eigenvalue weighted by molar-refractivity contribution is -0.137. The molecular weight excluding hydrogens is 454 g/mol. The molecule has 0 saturated carbocycles. The Morgan fingerprint density at radius 3 is 2.15 bits per heavy atom. The molecule has 0 atom stereocenters. The third kappa shape index (κ3) is 4.72. The topological polar surface area (TPSA) is 47.6 Å². The standard InChI is InChI=1S/C26H20F6N2/c1-4-25(2,3)21-11-19-15(10-22(21)27)8-17(12-33)20(13-34)24(19)16-5-14(7-23(28)29)6-18(9-16)26(30,31)32/h5-6,8-11,23H,4,7H2,1-3H3. The zero-order valence-corrected chi connectivity index (χ0v) is 18.6. The molecule has 176 valence electrons. The van der Waals surface area contributed by atoms with Crippen molar-refractivity contribution in [2.24, 2.45) is 0 Å². The average molecular weight is 474 g/mol. The summed E-state index contributed by atoms with van der Waals surface area (Å²) in [4.78, 5) is 0. The molecule has 0 aliphatic carbocycles. The number of fused-ring (bicyclic) bond motifs is 1. The van der Waals surface area contributed by atoms with Crippen molar-refractivity contribution in [2.75, 3.05) is 0 Å². The first-order chi connectivity index (χ1) is 15.8. The van der Waals surface area contributed by atoms with Gasteiger partial charge in [0.1, 0.15) is 18.0 Å². The highest BCUT2D eigenvalue weighted by Gasteiger charge is 2.32. The smallest absolute Gasteiger partial charge is 0.210 e. The molecule has 8 heteroatoms. The van der Waals surface area contributed by atoms with Gasteiger partial charge in [-0.15, -0.1) is 0 Å². The molecule has 34 heavy (non-hydrogen) atoms. The minimum atomic E-state index is -4.83. The van der Waals surface area contributed by atoms with Crippen LogP contribution in [0.5, 0.6) is 0 Å².